The van der Waals surface area contributed by atoms with Gasteiger partial charge >= 0.3 is 5.97 Å². The van der Waals surface area contributed by atoms with Crippen LogP contribution >= 0.6 is 0 Å². The summed E-state index contributed by atoms with van der Waals surface area (Å²) in [4.78, 5) is 14.0. The van der Waals surface area contributed by atoms with E-state index in [1.54, 1.807) is 0 Å². The standard InChI is InChI=1S/C14H27NO3/c1-4-5-9-18-13(17)12(2)15-8-6-7-14(3,10-15)11-16/h12,16H,4-11H2,1-3H3. The van der Waals surface area contributed by atoms with E-state index in [0.717, 1.165) is 38.8 Å². The highest BCUT2D eigenvalue weighted by Crippen LogP contribution is 2.29. The van der Waals surface area contributed by atoms with E-state index in [9.17, 15) is 9.90 Å². The van der Waals surface area contributed by atoms with E-state index in [-0.39, 0.29) is 24.0 Å². The first kappa shape index (κ1) is 15.4. The number of rotatable bonds is 6. The van der Waals surface area contributed by atoms with Crippen LogP contribution in [0, 0.1) is 5.41 Å². The zero-order chi connectivity index (χ0) is 13.6. The molecule has 1 fully saturated rings. The predicted molar refractivity (Wildman–Crippen MR) is 71.3 cm³/mol. The summed E-state index contributed by atoms with van der Waals surface area (Å²) >= 11 is 0. The fourth-order valence-corrected chi connectivity index (χ4v) is 2.40. The summed E-state index contributed by atoms with van der Waals surface area (Å²) in [5, 5.41) is 9.42. The summed E-state index contributed by atoms with van der Waals surface area (Å²) in [5.74, 6) is -0.134. The molecule has 106 valence electrons. The van der Waals surface area contributed by atoms with Gasteiger partial charge in [-0.3, -0.25) is 9.69 Å². The number of hydrogen-bond acceptors (Lipinski definition) is 4. The van der Waals surface area contributed by atoms with Gasteiger partial charge in [-0.15, -0.1) is 0 Å². The second kappa shape index (κ2) is 7.10. The molecule has 0 radical (unpaired) electrons. The lowest BCUT2D eigenvalue weighted by atomic mass is 9.82. The smallest absolute Gasteiger partial charge is 0.323 e. The maximum absolute atomic E-state index is 11.9. The average Bonchev–Trinajstić information content (AvgIpc) is 2.38. The number of aliphatic hydroxyl groups is 1. The molecule has 2 atom stereocenters. The molecule has 0 amide bonds. The Hall–Kier alpha value is -0.610. The van der Waals surface area contributed by atoms with Crippen molar-refractivity contribution in [3.63, 3.8) is 0 Å². The highest BCUT2D eigenvalue weighted by Gasteiger charge is 2.34. The first-order valence-electron chi connectivity index (χ1n) is 7.04. The maximum Gasteiger partial charge on any atom is 0.323 e. The number of piperidine rings is 1. The van der Waals surface area contributed by atoms with Crippen LogP contribution in [0.2, 0.25) is 0 Å². The number of carbonyl (C=O) groups excluding carboxylic acids is 1. The molecule has 0 aromatic carbocycles. The quantitative estimate of drug-likeness (QED) is 0.582. The Balaban J connectivity index is 2.45. The lowest BCUT2D eigenvalue weighted by Gasteiger charge is -2.41. The number of hydrogen-bond donors (Lipinski definition) is 1. The van der Waals surface area contributed by atoms with E-state index in [4.69, 9.17) is 4.74 Å². The minimum absolute atomic E-state index is 0.0732. The van der Waals surface area contributed by atoms with Gasteiger partial charge in [0.05, 0.1) is 6.61 Å². The van der Waals surface area contributed by atoms with Crippen molar-refractivity contribution in [1.29, 1.82) is 0 Å². The summed E-state index contributed by atoms with van der Waals surface area (Å²) in [6.45, 7) is 8.44. The summed E-state index contributed by atoms with van der Waals surface area (Å²) in [5.41, 5.74) is -0.0732. The number of carbonyl (C=O) groups is 1. The number of nitrogens with zero attached hydrogens (tertiary/aromatic N) is 1. The number of likely N-dealkylation sites (tertiary alicyclic amines) is 1. The number of aliphatic hydroxyl groups excluding tert-OH is 1. The van der Waals surface area contributed by atoms with Gasteiger partial charge in [0.25, 0.3) is 0 Å². The monoisotopic (exact) mass is 257 g/mol. The summed E-state index contributed by atoms with van der Waals surface area (Å²) in [6.07, 6.45) is 4.02. The minimum Gasteiger partial charge on any atom is -0.465 e. The van der Waals surface area contributed by atoms with E-state index in [1.807, 2.05) is 6.92 Å². The molecule has 1 aliphatic rings. The molecule has 1 heterocycles. The largest absolute Gasteiger partial charge is 0.465 e. The third-order valence-electron chi connectivity index (χ3n) is 3.82. The van der Waals surface area contributed by atoms with Crippen molar-refractivity contribution in [2.45, 2.75) is 52.5 Å². The lowest BCUT2D eigenvalue weighted by Crippen LogP contribution is -2.50. The average molecular weight is 257 g/mol. The molecule has 1 N–H and O–H groups in total. The van der Waals surface area contributed by atoms with Gasteiger partial charge in [-0.25, -0.2) is 0 Å². The van der Waals surface area contributed by atoms with Crippen LogP contribution in [0.4, 0.5) is 0 Å². The van der Waals surface area contributed by atoms with Gasteiger partial charge in [-0.2, -0.15) is 0 Å². The van der Waals surface area contributed by atoms with Crippen molar-refractivity contribution < 1.29 is 14.6 Å². The van der Waals surface area contributed by atoms with Crippen LogP contribution in [-0.4, -0.2) is 48.3 Å². The van der Waals surface area contributed by atoms with Crippen LogP contribution < -0.4 is 0 Å². The molecule has 0 bridgehead atoms. The molecule has 1 rings (SSSR count). The van der Waals surface area contributed by atoms with Crippen molar-refractivity contribution in [2.75, 3.05) is 26.3 Å². The van der Waals surface area contributed by atoms with E-state index >= 15 is 0 Å². The molecule has 0 aromatic rings. The highest BCUT2D eigenvalue weighted by atomic mass is 16.5. The molecule has 0 aromatic heterocycles. The Morgan fingerprint density at radius 1 is 1.56 bits per heavy atom. The van der Waals surface area contributed by atoms with E-state index < -0.39 is 0 Å². The molecule has 4 nitrogen and oxygen atoms in total. The Labute approximate surface area is 110 Å². The van der Waals surface area contributed by atoms with Crippen LogP contribution in [0.25, 0.3) is 0 Å². The molecular formula is C14H27NO3. The van der Waals surface area contributed by atoms with Gasteiger partial charge in [0.2, 0.25) is 0 Å². The topological polar surface area (TPSA) is 49.8 Å². The second-order valence-corrected chi connectivity index (χ2v) is 5.74. The van der Waals surface area contributed by atoms with Crippen LogP contribution in [0.15, 0.2) is 0 Å². The number of esters is 1. The predicted octanol–water partition coefficient (Wildman–Crippen LogP) is 1.81. The Bertz CT molecular complexity index is 270. The SMILES string of the molecule is CCCCOC(=O)C(C)N1CCCC(C)(CO)C1. The third-order valence-corrected chi connectivity index (χ3v) is 3.82. The Kier molecular flexibility index (Phi) is 6.09. The number of ether oxygens (including phenoxy) is 1. The molecule has 2 unspecified atom stereocenters. The van der Waals surface area contributed by atoms with Gasteiger partial charge in [-0.1, -0.05) is 20.3 Å². The van der Waals surface area contributed by atoms with Crippen LogP contribution in [0.5, 0.6) is 0 Å². The van der Waals surface area contributed by atoms with E-state index in [0.29, 0.717) is 6.61 Å². The van der Waals surface area contributed by atoms with Crippen LogP contribution in [0.3, 0.4) is 0 Å². The fraction of sp³-hybridized carbons (Fsp3) is 0.929. The molecule has 18 heavy (non-hydrogen) atoms. The van der Waals surface area contributed by atoms with Crippen molar-refractivity contribution >= 4 is 5.97 Å². The number of unbranched alkanes of at least 4 members (excludes halogenated alkanes) is 1. The van der Waals surface area contributed by atoms with Gasteiger partial charge in [0, 0.05) is 18.6 Å². The summed E-state index contributed by atoms with van der Waals surface area (Å²) in [7, 11) is 0. The highest BCUT2D eigenvalue weighted by molar-refractivity contribution is 5.75. The van der Waals surface area contributed by atoms with Crippen molar-refractivity contribution in [3.05, 3.63) is 0 Å². The summed E-state index contributed by atoms with van der Waals surface area (Å²) in [6, 6.07) is -0.201. The Morgan fingerprint density at radius 3 is 2.89 bits per heavy atom. The summed E-state index contributed by atoms with van der Waals surface area (Å²) < 4.78 is 5.26. The third kappa shape index (κ3) is 4.25. The second-order valence-electron chi connectivity index (χ2n) is 5.74. The first-order valence-corrected chi connectivity index (χ1v) is 7.04. The molecule has 0 spiro atoms. The zero-order valence-electron chi connectivity index (χ0n) is 11.9. The van der Waals surface area contributed by atoms with Gasteiger partial charge in [-0.05, 0) is 32.7 Å². The maximum atomic E-state index is 11.9. The Morgan fingerprint density at radius 2 is 2.28 bits per heavy atom. The molecular weight excluding hydrogens is 230 g/mol. The minimum atomic E-state index is -0.201. The van der Waals surface area contributed by atoms with Gasteiger partial charge < -0.3 is 9.84 Å². The van der Waals surface area contributed by atoms with Crippen molar-refractivity contribution in [1.82, 2.24) is 4.90 Å². The molecule has 1 aliphatic heterocycles. The lowest BCUT2D eigenvalue weighted by molar-refractivity contribution is -0.151. The van der Waals surface area contributed by atoms with Crippen molar-refractivity contribution in [2.24, 2.45) is 5.41 Å². The fourth-order valence-electron chi connectivity index (χ4n) is 2.40. The molecule has 1 saturated heterocycles. The van der Waals surface area contributed by atoms with Gasteiger partial charge in [0.15, 0.2) is 0 Å². The molecule has 0 saturated carbocycles. The van der Waals surface area contributed by atoms with Crippen LogP contribution in [-0.2, 0) is 9.53 Å². The first-order chi connectivity index (χ1) is 8.52. The zero-order valence-corrected chi connectivity index (χ0v) is 11.9. The molecule has 0 aliphatic carbocycles. The van der Waals surface area contributed by atoms with Crippen molar-refractivity contribution in [3.8, 4) is 0 Å². The van der Waals surface area contributed by atoms with E-state index in [2.05, 4.69) is 18.7 Å². The van der Waals surface area contributed by atoms with Crippen LogP contribution in [0.1, 0.15) is 46.5 Å². The van der Waals surface area contributed by atoms with E-state index in [1.165, 1.54) is 0 Å². The normalized spacial score (nSPS) is 26.9. The molecule has 4 heteroatoms. The van der Waals surface area contributed by atoms with Gasteiger partial charge in [0.1, 0.15) is 6.04 Å².